The summed E-state index contributed by atoms with van der Waals surface area (Å²) in [7, 11) is 0. The molecule has 0 aliphatic carbocycles. The lowest BCUT2D eigenvalue weighted by Gasteiger charge is -2.28. The number of aromatic nitrogens is 2. The van der Waals surface area contributed by atoms with E-state index < -0.39 is 0 Å². The summed E-state index contributed by atoms with van der Waals surface area (Å²) in [5, 5.41) is 2.92. The van der Waals surface area contributed by atoms with Crippen molar-refractivity contribution in [3.63, 3.8) is 0 Å². The van der Waals surface area contributed by atoms with E-state index in [2.05, 4.69) is 15.3 Å². The molecule has 1 aliphatic rings. The number of carbonyl (C=O) groups is 1. The molecule has 1 amide bonds. The Hall–Kier alpha value is -2.70. The van der Waals surface area contributed by atoms with Crippen LogP contribution in [0.5, 0.6) is 5.75 Å². The molecule has 0 bridgehead atoms. The molecule has 6 nitrogen and oxygen atoms in total. The highest BCUT2D eigenvalue weighted by Crippen LogP contribution is 2.33. The average molecular weight is 330 g/mol. The number of halogens is 1. The van der Waals surface area contributed by atoms with E-state index >= 15 is 0 Å². The second-order valence-electron chi connectivity index (χ2n) is 6.07. The summed E-state index contributed by atoms with van der Waals surface area (Å²) in [4.78, 5) is 20.7. The Morgan fingerprint density at radius 1 is 1.38 bits per heavy atom. The first-order valence-electron chi connectivity index (χ1n) is 7.75. The van der Waals surface area contributed by atoms with Crippen LogP contribution in [-0.2, 0) is 6.42 Å². The molecule has 3 N–H and O–H groups in total. The van der Waals surface area contributed by atoms with Gasteiger partial charge in [-0.3, -0.25) is 4.79 Å². The number of rotatable bonds is 3. The smallest absolute Gasteiger partial charge is 0.255 e. The minimum absolute atomic E-state index is 0.114. The van der Waals surface area contributed by atoms with Crippen LogP contribution in [0, 0.1) is 12.7 Å². The van der Waals surface area contributed by atoms with Crippen molar-refractivity contribution in [2.75, 3.05) is 5.73 Å². The highest BCUT2D eigenvalue weighted by molar-refractivity contribution is 5.97. The highest BCUT2D eigenvalue weighted by atomic mass is 19.1. The first-order chi connectivity index (χ1) is 11.3. The van der Waals surface area contributed by atoms with Gasteiger partial charge in [0.25, 0.3) is 5.91 Å². The van der Waals surface area contributed by atoms with Gasteiger partial charge in [-0.15, -0.1) is 0 Å². The summed E-state index contributed by atoms with van der Waals surface area (Å²) in [5.41, 5.74) is 8.00. The number of nitrogen functional groups attached to an aromatic ring is 1. The fraction of sp³-hybridized carbons (Fsp3) is 0.353. The van der Waals surface area contributed by atoms with Crippen LogP contribution in [0.3, 0.4) is 0 Å². The van der Waals surface area contributed by atoms with Gasteiger partial charge >= 0.3 is 0 Å². The average Bonchev–Trinajstić information content (AvgIpc) is 2.45. The van der Waals surface area contributed by atoms with E-state index in [1.54, 1.807) is 13.0 Å². The number of carbonyl (C=O) groups excluding carboxylic acids is 1. The number of amides is 1. The van der Waals surface area contributed by atoms with Crippen LogP contribution in [0.2, 0.25) is 0 Å². The van der Waals surface area contributed by atoms with E-state index in [0.717, 1.165) is 0 Å². The first kappa shape index (κ1) is 16.2. The number of nitrogens with zero attached hydrogens (tertiary/aromatic N) is 2. The molecule has 7 heteroatoms. The Kier molecular flexibility index (Phi) is 4.09. The number of ether oxygens (including phenoxy) is 1. The molecule has 0 saturated heterocycles. The number of anilines is 1. The molecular weight excluding hydrogens is 311 g/mol. The molecule has 1 aromatic carbocycles. The van der Waals surface area contributed by atoms with Crippen LogP contribution in [-0.4, -0.2) is 22.0 Å². The van der Waals surface area contributed by atoms with Gasteiger partial charge in [-0.2, -0.15) is 0 Å². The molecule has 0 saturated carbocycles. The van der Waals surface area contributed by atoms with E-state index in [9.17, 15) is 9.18 Å². The zero-order valence-electron chi connectivity index (χ0n) is 13.8. The monoisotopic (exact) mass is 330 g/mol. The van der Waals surface area contributed by atoms with Gasteiger partial charge in [0.2, 0.25) is 5.95 Å². The third-order valence-corrected chi connectivity index (χ3v) is 3.83. The van der Waals surface area contributed by atoms with E-state index in [-0.39, 0.29) is 29.8 Å². The second-order valence-corrected chi connectivity index (χ2v) is 6.07. The Morgan fingerprint density at radius 2 is 2.12 bits per heavy atom. The number of hydrogen-bond donors (Lipinski definition) is 2. The largest absolute Gasteiger partial charge is 0.491 e. The molecule has 1 unspecified atom stereocenters. The number of aryl methyl sites for hydroxylation is 1. The van der Waals surface area contributed by atoms with E-state index in [0.29, 0.717) is 34.7 Å². The SMILES string of the molecule is Cc1nc(N)nc2c1C(=O)NC(c1ccc(F)cc1OC(C)C)C2. The van der Waals surface area contributed by atoms with Crippen molar-refractivity contribution in [3.8, 4) is 5.75 Å². The minimum Gasteiger partial charge on any atom is -0.491 e. The van der Waals surface area contributed by atoms with E-state index in [4.69, 9.17) is 10.5 Å². The lowest BCUT2D eigenvalue weighted by atomic mass is 9.93. The number of fused-ring (bicyclic) bond motifs is 1. The van der Waals surface area contributed by atoms with Crippen LogP contribution in [0.4, 0.5) is 10.3 Å². The quantitative estimate of drug-likeness (QED) is 0.901. The summed E-state index contributed by atoms with van der Waals surface area (Å²) >= 11 is 0. The lowest BCUT2D eigenvalue weighted by molar-refractivity contribution is 0.0921. The Morgan fingerprint density at radius 3 is 2.83 bits per heavy atom. The number of hydrogen-bond acceptors (Lipinski definition) is 5. The van der Waals surface area contributed by atoms with Gasteiger partial charge in [0.15, 0.2) is 0 Å². The Balaban J connectivity index is 2.02. The molecular formula is C17H19FN4O2. The Bertz CT molecular complexity index is 807. The number of nitrogens with two attached hydrogens (primary N) is 1. The Labute approximate surface area is 139 Å². The van der Waals surface area contributed by atoms with E-state index in [1.165, 1.54) is 12.1 Å². The maximum Gasteiger partial charge on any atom is 0.255 e. The molecule has 0 spiro atoms. The summed E-state index contributed by atoms with van der Waals surface area (Å²) in [6.07, 6.45) is 0.326. The van der Waals surface area contributed by atoms with Crippen LogP contribution < -0.4 is 15.8 Å². The van der Waals surface area contributed by atoms with Crippen LogP contribution >= 0.6 is 0 Å². The highest BCUT2D eigenvalue weighted by Gasteiger charge is 2.30. The van der Waals surface area contributed by atoms with Crippen molar-refractivity contribution in [1.29, 1.82) is 0 Å². The summed E-state index contributed by atoms with van der Waals surface area (Å²) in [6, 6.07) is 3.94. The molecule has 2 heterocycles. The van der Waals surface area contributed by atoms with Gasteiger partial charge in [0.1, 0.15) is 11.6 Å². The molecule has 0 radical (unpaired) electrons. The molecule has 0 fully saturated rings. The minimum atomic E-state index is -0.389. The van der Waals surface area contributed by atoms with Crippen molar-refractivity contribution >= 4 is 11.9 Å². The van der Waals surface area contributed by atoms with Crippen molar-refractivity contribution in [2.24, 2.45) is 0 Å². The lowest BCUT2D eigenvalue weighted by Crippen LogP contribution is -2.37. The zero-order chi connectivity index (χ0) is 17.4. The maximum atomic E-state index is 13.6. The topological polar surface area (TPSA) is 90.1 Å². The van der Waals surface area contributed by atoms with Crippen LogP contribution in [0.25, 0.3) is 0 Å². The maximum absolute atomic E-state index is 13.6. The van der Waals surface area contributed by atoms with Crippen LogP contribution in [0.15, 0.2) is 18.2 Å². The summed E-state index contributed by atoms with van der Waals surface area (Å²) in [6.45, 7) is 5.45. The molecule has 2 aromatic rings. The molecule has 1 aliphatic heterocycles. The number of nitrogens with one attached hydrogen (secondary N) is 1. The van der Waals surface area contributed by atoms with Gasteiger partial charge in [-0.25, -0.2) is 14.4 Å². The molecule has 126 valence electrons. The third kappa shape index (κ3) is 3.02. The predicted molar refractivity (Wildman–Crippen MR) is 87.3 cm³/mol. The van der Waals surface area contributed by atoms with Gasteiger partial charge in [0.05, 0.1) is 29.1 Å². The predicted octanol–water partition coefficient (Wildman–Crippen LogP) is 2.32. The molecule has 24 heavy (non-hydrogen) atoms. The normalized spacial score (nSPS) is 16.7. The zero-order valence-corrected chi connectivity index (χ0v) is 13.8. The van der Waals surface area contributed by atoms with Crippen molar-refractivity contribution in [1.82, 2.24) is 15.3 Å². The van der Waals surface area contributed by atoms with Gasteiger partial charge in [-0.1, -0.05) is 6.07 Å². The van der Waals surface area contributed by atoms with Crippen molar-refractivity contribution in [3.05, 3.63) is 46.5 Å². The van der Waals surface area contributed by atoms with Crippen molar-refractivity contribution < 1.29 is 13.9 Å². The van der Waals surface area contributed by atoms with Gasteiger partial charge in [-0.05, 0) is 26.8 Å². The first-order valence-corrected chi connectivity index (χ1v) is 7.75. The van der Waals surface area contributed by atoms with Crippen LogP contribution in [0.1, 0.15) is 47.2 Å². The molecule has 3 rings (SSSR count). The van der Waals surface area contributed by atoms with E-state index in [1.807, 2.05) is 13.8 Å². The standard InChI is InChI=1S/C17H19FN4O2/c1-8(2)24-14-6-10(18)4-5-11(14)12-7-13-15(16(23)21-12)9(3)20-17(19)22-13/h4-6,8,12H,7H2,1-3H3,(H,21,23)(H2,19,20,22). The summed E-state index contributed by atoms with van der Waals surface area (Å²) in [5.74, 6) is -0.104. The van der Waals surface area contributed by atoms with Gasteiger partial charge < -0.3 is 15.8 Å². The second kappa shape index (κ2) is 6.07. The molecule has 1 atom stereocenters. The third-order valence-electron chi connectivity index (χ3n) is 3.83. The van der Waals surface area contributed by atoms with Crippen molar-refractivity contribution in [2.45, 2.75) is 39.3 Å². The fourth-order valence-electron chi connectivity index (χ4n) is 2.91. The van der Waals surface area contributed by atoms with Gasteiger partial charge in [0, 0.05) is 18.1 Å². The number of benzene rings is 1. The fourth-order valence-corrected chi connectivity index (χ4v) is 2.91. The molecule has 1 aromatic heterocycles. The summed E-state index contributed by atoms with van der Waals surface area (Å²) < 4.78 is 19.3.